The molecule has 0 spiro atoms. The van der Waals surface area contributed by atoms with Crippen LogP contribution in [0.4, 0.5) is 0 Å². The molecule has 0 saturated carbocycles. The van der Waals surface area contributed by atoms with Gasteiger partial charge >= 0.3 is 17.9 Å². The molecule has 284 valence electrons. The summed E-state index contributed by atoms with van der Waals surface area (Å²) < 4.78 is 16.5. The molecule has 6 nitrogen and oxygen atoms in total. The van der Waals surface area contributed by atoms with E-state index >= 15 is 0 Å². The van der Waals surface area contributed by atoms with Gasteiger partial charge in [0.2, 0.25) is 0 Å². The number of unbranched alkanes of at least 4 members (excludes halogenated alkanes) is 21. The quantitative estimate of drug-likeness (QED) is 0.0280. The highest BCUT2D eigenvalue weighted by atomic mass is 16.6. The minimum Gasteiger partial charge on any atom is -0.462 e. The van der Waals surface area contributed by atoms with Crippen molar-refractivity contribution in [1.29, 1.82) is 0 Å². The van der Waals surface area contributed by atoms with Crippen LogP contribution in [0.25, 0.3) is 0 Å². The van der Waals surface area contributed by atoms with Crippen molar-refractivity contribution < 1.29 is 28.6 Å². The summed E-state index contributed by atoms with van der Waals surface area (Å²) in [5, 5.41) is 0. The molecule has 0 bridgehead atoms. The lowest BCUT2D eigenvalue weighted by atomic mass is 10.1. The number of esters is 3. The van der Waals surface area contributed by atoms with Crippen molar-refractivity contribution in [2.24, 2.45) is 0 Å². The molecule has 0 aromatic rings. The van der Waals surface area contributed by atoms with Gasteiger partial charge in [0.1, 0.15) is 13.2 Å². The Morgan fingerprint density at radius 2 is 0.837 bits per heavy atom. The van der Waals surface area contributed by atoms with Crippen molar-refractivity contribution in [3.63, 3.8) is 0 Å². The zero-order valence-corrected chi connectivity index (χ0v) is 32.0. The standard InChI is InChI=1S/C43H76O6/c1-4-7-10-13-16-18-19-20-21-22-23-25-27-30-33-36-42(45)48-39-40(38-47-41(44)35-32-29-26-15-12-9-6-3)49-43(46)37-34-31-28-24-17-14-11-8-5-2/h6,8,11,20-21,40H,3-5,7,9-10,12-19,22-39H2,1-2H3/b11-8-,21-20-. The first kappa shape index (κ1) is 46.6. The van der Waals surface area contributed by atoms with E-state index in [1.54, 1.807) is 0 Å². The smallest absolute Gasteiger partial charge is 0.306 e. The number of ether oxygens (including phenoxy) is 3. The van der Waals surface area contributed by atoms with Gasteiger partial charge in [-0.25, -0.2) is 0 Å². The van der Waals surface area contributed by atoms with Crippen LogP contribution in [-0.4, -0.2) is 37.2 Å². The van der Waals surface area contributed by atoms with Crippen LogP contribution in [0.5, 0.6) is 0 Å². The number of rotatable bonds is 37. The van der Waals surface area contributed by atoms with Crippen LogP contribution in [-0.2, 0) is 28.6 Å². The summed E-state index contributed by atoms with van der Waals surface area (Å²) in [5.41, 5.74) is 0. The van der Waals surface area contributed by atoms with E-state index in [9.17, 15) is 14.4 Å². The highest BCUT2D eigenvalue weighted by Crippen LogP contribution is 2.13. The molecular weight excluding hydrogens is 612 g/mol. The summed E-state index contributed by atoms with van der Waals surface area (Å²) in [6.45, 7) is 7.97. The average Bonchev–Trinajstić information content (AvgIpc) is 3.10. The largest absolute Gasteiger partial charge is 0.462 e. The Labute approximate surface area is 302 Å². The molecule has 1 atom stereocenters. The Bertz CT molecular complexity index is 832. The van der Waals surface area contributed by atoms with Gasteiger partial charge < -0.3 is 14.2 Å². The Kier molecular flexibility index (Phi) is 36.6. The molecule has 6 heteroatoms. The summed E-state index contributed by atoms with van der Waals surface area (Å²) in [6.07, 6.45) is 40.4. The third kappa shape index (κ3) is 36.7. The van der Waals surface area contributed by atoms with Crippen LogP contribution in [0, 0.1) is 0 Å². The zero-order valence-electron chi connectivity index (χ0n) is 32.0. The van der Waals surface area contributed by atoms with Gasteiger partial charge in [-0.1, -0.05) is 134 Å². The molecule has 0 aliphatic rings. The normalized spacial score (nSPS) is 12.0. The van der Waals surface area contributed by atoms with Gasteiger partial charge in [0.15, 0.2) is 6.10 Å². The predicted octanol–water partition coefficient (Wildman–Crippen LogP) is 12.6. The Morgan fingerprint density at radius 1 is 0.469 bits per heavy atom. The molecule has 0 radical (unpaired) electrons. The summed E-state index contributed by atoms with van der Waals surface area (Å²) in [6, 6.07) is 0. The van der Waals surface area contributed by atoms with Gasteiger partial charge in [0.05, 0.1) is 0 Å². The summed E-state index contributed by atoms with van der Waals surface area (Å²) in [7, 11) is 0. The van der Waals surface area contributed by atoms with Crippen LogP contribution >= 0.6 is 0 Å². The zero-order chi connectivity index (χ0) is 35.9. The second-order valence-electron chi connectivity index (χ2n) is 13.6. The lowest BCUT2D eigenvalue weighted by Gasteiger charge is -2.18. The molecule has 0 aliphatic heterocycles. The second kappa shape index (κ2) is 38.4. The highest BCUT2D eigenvalue weighted by Gasteiger charge is 2.19. The van der Waals surface area contributed by atoms with Crippen molar-refractivity contribution in [2.45, 2.75) is 206 Å². The van der Waals surface area contributed by atoms with Gasteiger partial charge in [-0.05, 0) is 77.0 Å². The van der Waals surface area contributed by atoms with Gasteiger partial charge in [-0.3, -0.25) is 14.4 Å². The first-order chi connectivity index (χ1) is 24.0. The van der Waals surface area contributed by atoms with E-state index < -0.39 is 6.10 Å². The van der Waals surface area contributed by atoms with Crippen molar-refractivity contribution in [2.75, 3.05) is 13.2 Å². The average molecular weight is 689 g/mol. The molecule has 0 fully saturated rings. The van der Waals surface area contributed by atoms with Crippen LogP contribution in [0.2, 0.25) is 0 Å². The number of allylic oxidation sites excluding steroid dienone is 5. The van der Waals surface area contributed by atoms with E-state index in [4.69, 9.17) is 14.2 Å². The van der Waals surface area contributed by atoms with E-state index in [-0.39, 0.29) is 31.1 Å². The molecule has 0 aromatic heterocycles. The fourth-order valence-corrected chi connectivity index (χ4v) is 5.65. The molecule has 0 aromatic carbocycles. The molecule has 49 heavy (non-hydrogen) atoms. The summed E-state index contributed by atoms with van der Waals surface area (Å²) in [5.74, 6) is -0.935. The first-order valence-electron chi connectivity index (χ1n) is 20.4. The third-order valence-electron chi connectivity index (χ3n) is 8.74. The van der Waals surface area contributed by atoms with Crippen LogP contribution in [0.1, 0.15) is 200 Å². The van der Waals surface area contributed by atoms with Gasteiger partial charge in [0.25, 0.3) is 0 Å². The molecule has 0 heterocycles. The van der Waals surface area contributed by atoms with E-state index in [2.05, 4.69) is 44.7 Å². The van der Waals surface area contributed by atoms with Crippen molar-refractivity contribution in [3.05, 3.63) is 37.0 Å². The summed E-state index contributed by atoms with van der Waals surface area (Å²) >= 11 is 0. The van der Waals surface area contributed by atoms with Crippen molar-refractivity contribution >= 4 is 17.9 Å². The Balaban J connectivity index is 4.30. The van der Waals surface area contributed by atoms with Crippen molar-refractivity contribution in [3.8, 4) is 0 Å². The third-order valence-corrected chi connectivity index (χ3v) is 8.74. The molecule has 0 N–H and O–H groups in total. The molecule has 0 aliphatic carbocycles. The minimum absolute atomic E-state index is 0.0858. The fraction of sp³-hybridized carbons (Fsp3) is 0.791. The maximum absolute atomic E-state index is 12.6. The molecule has 0 saturated heterocycles. The first-order valence-corrected chi connectivity index (χ1v) is 20.4. The Morgan fingerprint density at radius 3 is 1.27 bits per heavy atom. The number of hydrogen-bond acceptors (Lipinski definition) is 6. The van der Waals surface area contributed by atoms with Gasteiger partial charge in [0, 0.05) is 19.3 Å². The van der Waals surface area contributed by atoms with Crippen LogP contribution < -0.4 is 0 Å². The van der Waals surface area contributed by atoms with E-state index in [1.807, 2.05) is 6.08 Å². The monoisotopic (exact) mass is 689 g/mol. The molecule has 1 unspecified atom stereocenters. The number of carbonyl (C=O) groups excluding carboxylic acids is 3. The number of carbonyl (C=O) groups is 3. The second-order valence-corrected chi connectivity index (χ2v) is 13.6. The lowest BCUT2D eigenvalue weighted by molar-refractivity contribution is -0.167. The lowest BCUT2D eigenvalue weighted by Crippen LogP contribution is -2.30. The maximum atomic E-state index is 12.6. The highest BCUT2D eigenvalue weighted by molar-refractivity contribution is 5.71. The van der Waals surface area contributed by atoms with E-state index in [0.717, 1.165) is 103 Å². The van der Waals surface area contributed by atoms with Crippen LogP contribution in [0.3, 0.4) is 0 Å². The Hall–Kier alpha value is -2.37. The SMILES string of the molecule is C=CCCCCCCCC(=O)OCC(COC(=O)CCCCCCC/C=C\CCCCCCCC)OC(=O)CCCCCCC/C=C\CC. The van der Waals surface area contributed by atoms with Crippen molar-refractivity contribution in [1.82, 2.24) is 0 Å². The van der Waals surface area contributed by atoms with E-state index in [0.29, 0.717) is 19.3 Å². The summed E-state index contributed by atoms with van der Waals surface area (Å²) in [4.78, 5) is 37.4. The number of hydrogen-bond donors (Lipinski definition) is 0. The molecule has 0 rings (SSSR count). The minimum atomic E-state index is -0.779. The topological polar surface area (TPSA) is 78.9 Å². The fourth-order valence-electron chi connectivity index (χ4n) is 5.65. The molecule has 0 amide bonds. The molecular formula is C43H76O6. The van der Waals surface area contributed by atoms with Gasteiger partial charge in [-0.2, -0.15) is 0 Å². The maximum Gasteiger partial charge on any atom is 0.306 e. The van der Waals surface area contributed by atoms with E-state index in [1.165, 1.54) is 64.2 Å². The predicted molar refractivity (Wildman–Crippen MR) is 206 cm³/mol. The van der Waals surface area contributed by atoms with Crippen LogP contribution in [0.15, 0.2) is 37.0 Å². The van der Waals surface area contributed by atoms with Gasteiger partial charge in [-0.15, -0.1) is 6.58 Å².